The van der Waals surface area contributed by atoms with Crippen LogP contribution in [0.4, 0.5) is 11.5 Å². The standard InChI is InChI=1S/C24H24N6O2/c1-30(2)12-13-32-17-9-10-21-19(14-17)24(28-20-8-4-3-7-18(20)22(25)31)29-23(27-21)16-6-5-11-26-15-16/h3-11,14-15H,12-13H2,1-2H3,(H2,25,31)(H,27,28,29). The van der Waals surface area contributed by atoms with Gasteiger partial charge in [-0.25, -0.2) is 9.97 Å². The molecule has 8 heteroatoms. The van der Waals surface area contributed by atoms with Crippen LogP contribution < -0.4 is 15.8 Å². The minimum absolute atomic E-state index is 0.376. The van der Waals surface area contributed by atoms with Gasteiger partial charge in [-0.1, -0.05) is 12.1 Å². The molecule has 32 heavy (non-hydrogen) atoms. The lowest BCUT2D eigenvalue weighted by Gasteiger charge is -2.15. The van der Waals surface area contributed by atoms with Gasteiger partial charge in [0.2, 0.25) is 0 Å². The fourth-order valence-corrected chi connectivity index (χ4v) is 3.20. The maximum absolute atomic E-state index is 11.9. The van der Waals surface area contributed by atoms with Gasteiger partial charge in [-0.3, -0.25) is 9.78 Å². The van der Waals surface area contributed by atoms with Gasteiger partial charge in [-0.15, -0.1) is 0 Å². The molecule has 3 N–H and O–H groups in total. The molecule has 0 aliphatic rings. The number of aromatic nitrogens is 3. The minimum atomic E-state index is -0.522. The molecule has 4 aromatic rings. The van der Waals surface area contributed by atoms with Gasteiger partial charge in [0.25, 0.3) is 5.91 Å². The summed E-state index contributed by atoms with van der Waals surface area (Å²) in [6, 6.07) is 16.5. The molecule has 0 unspecified atom stereocenters. The molecule has 162 valence electrons. The third kappa shape index (κ3) is 4.81. The number of carbonyl (C=O) groups is 1. The van der Waals surface area contributed by atoms with Crippen molar-refractivity contribution >= 4 is 28.3 Å². The molecule has 0 saturated heterocycles. The van der Waals surface area contributed by atoms with Gasteiger partial charge in [0.1, 0.15) is 18.2 Å². The normalized spacial score (nSPS) is 11.0. The van der Waals surface area contributed by atoms with E-state index >= 15 is 0 Å². The number of para-hydroxylation sites is 1. The summed E-state index contributed by atoms with van der Waals surface area (Å²) >= 11 is 0. The number of pyridine rings is 1. The first-order valence-electron chi connectivity index (χ1n) is 10.2. The molecule has 1 amide bonds. The Morgan fingerprint density at radius 1 is 1.09 bits per heavy atom. The number of primary amides is 1. The third-order valence-electron chi connectivity index (χ3n) is 4.84. The van der Waals surface area contributed by atoms with Crippen LogP contribution in [-0.2, 0) is 0 Å². The van der Waals surface area contributed by atoms with E-state index in [9.17, 15) is 4.79 Å². The number of ether oxygens (including phenoxy) is 1. The summed E-state index contributed by atoms with van der Waals surface area (Å²) in [6.45, 7) is 1.35. The van der Waals surface area contributed by atoms with E-state index in [0.717, 1.165) is 23.0 Å². The van der Waals surface area contributed by atoms with Crippen LogP contribution in [0.5, 0.6) is 5.75 Å². The molecule has 0 aliphatic carbocycles. The zero-order valence-corrected chi connectivity index (χ0v) is 17.9. The van der Waals surface area contributed by atoms with Gasteiger partial charge in [-0.05, 0) is 56.6 Å². The molecule has 0 spiro atoms. The molecule has 0 bridgehead atoms. The first-order valence-corrected chi connectivity index (χ1v) is 10.2. The molecule has 0 fully saturated rings. The van der Waals surface area contributed by atoms with Crippen LogP contribution in [0.25, 0.3) is 22.3 Å². The van der Waals surface area contributed by atoms with E-state index in [0.29, 0.717) is 35.2 Å². The fourth-order valence-electron chi connectivity index (χ4n) is 3.20. The number of likely N-dealkylation sites (N-methyl/N-ethyl adjacent to an activating group) is 1. The molecular formula is C24H24N6O2. The second kappa shape index (κ2) is 9.40. The van der Waals surface area contributed by atoms with Crippen molar-refractivity contribution in [2.75, 3.05) is 32.6 Å². The number of nitrogens with two attached hydrogens (primary N) is 1. The van der Waals surface area contributed by atoms with E-state index in [-0.39, 0.29) is 0 Å². The molecule has 2 heterocycles. The predicted molar refractivity (Wildman–Crippen MR) is 125 cm³/mol. The first kappa shape index (κ1) is 21.2. The molecule has 8 nitrogen and oxygen atoms in total. The predicted octanol–water partition coefficient (Wildman–Crippen LogP) is 3.47. The number of hydrogen-bond donors (Lipinski definition) is 2. The molecule has 0 atom stereocenters. The smallest absolute Gasteiger partial charge is 0.250 e. The van der Waals surface area contributed by atoms with Crippen LogP contribution in [0.3, 0.4) is 0 Å². The maximum Gasteiger partial charge on any atom is 0.250 e. The number of amides is 1. The van der Waals surface area contributed by atoms with Crippen LogP contribution >= 0.6 is 0 Å². The number of benzene rings is 2. The van der Waals surface area contributed by atoms with Crippen LogP contribution in [0.15, 0.2) is 67.0 Å². The van der Waals surface area contributed by atoms with Crippen molar-refractivity contribution in [1.29, 1.82) is 0 Å². The highest BCUT2D eigenvalue weighted by molar-refractivity contribution is 6.01. The number of nitrogens with one attached hydrogen (secondary N) is 1. The Morgan fingerprint density at radius 2 is 1.94 bits per heavy atom. The van der Waals surface area contributed by atoms with E-state index in [1.54, 1.807) is 30.6 Å². The number of hydrogen-bond acceptors (Lipinski definition) is 7. The Morgan fingerprint density at radius 3 is 2.69 bits per heavy atom. The SMILES string of the molecule is CN(C)CCOc1ccc2nc(-c3cccnc3)nc(Nc3ccccc3C(N)=O)c2c1. The Labute approximate surface area is 186 Å². The lowest BCUT2D eigenvalue weighted by Crippen LogP contribution is -2.19. The number of carbonyl (C=O) groups excluding carboxylic acids is 1. The van der Waals surface area contributed by atoms with Gasteiger partial charge in [0, 0.05) is 29.9 Å². The highest BCUT2D eigenvalue weighted by Crippen LogP contribution is 2.31. The number of fused-ring (bicyclic) bond motifs is 1. The topological polar surface area (TPSA) is 106 Å². The van der Waals surface area contributed by atoms with Crippen molar-refractivity contribution in [1.82, 2.24) is 19.9 Å². The summed E-state index contributed by atoms with van der Waals surface area (Å²) in [6.07, 6.45) is 3.41. The van der Waals surface area contributed by atoms with Gasteiger partial charge in [0.05, 0.1) is 16.8 Å². The molecule has 0 radical (unpaired) electrons. The molecule has 4 rings (SSSR count). The van der Waals surface area contributed by atoms with E-state index in [1.165, 1.54) is 0 Å². The summed E-state index contributed by atoms with van der Waals surface area (Å²) in [5.41, 5.74) is 8.02. The molecular weight excluding hydrogens is 404 g/mol. The van der Waals surface area contributed by atoms with Crippen molar-refractivity contribution in [3.05, 3.63) is 72.6 Å². The second-order valence-corrected chi connectivity index (χ2v) is 7.50. The summed E-state index contributed by atoms with van der Waals surface area (Å²) in [5.74, 6) is 1.25. The van der Waals surface area contributed by atoms with Gasteiger partial charge < -0.3 is 20.7 Å². The Kier molecular flexibility index (Phi) is 6.23. The zero-order chi connectivity index (χ0) is 22.5. The first-order chi connectivity index (χ1) is 15.5. The number of rotatable bonds is 8. The van der Waals surface area contributed by atoms with Crippen LogP contribution in [0.2, 0.25) is 0 Å². The zero-order valence-electron chi connectivity index (χ0n) is 17.9. The van der Waals surface area contributed by atoms with Crippen molar-refractivity contribution < 1.29 is 9.53 Å². The van der Waals surface area contributed by atoms with E-state index in [4.69, 9.17) is 20.4 Å². The van der Waals surface area contributed by atoms with E-state index < -0.39 is 5.91 Å². The lowest BCUT2D eigenvalue weighted by molar-refractivity contribution is 0.100. The lowest BCUT2D eigenvalue weighted by atomic mass is 10.1. The van der Waals surface area contributed by atoms with Crippen molar-refractivity contribution in [2.24, 2.45) is 5.73 Å². The maximum atomic E-state index is 11.9. The van der Waals surface area contributed by atoms with Gasteiger partial charge in [-0.2, -0.15) is 0 Å². The van der Waals surface area contributed by atoms with Gasteiger partial charge >= 0.3 is 0 Å². The Bertz CT molecular complexity index is 1240. The van der Waals surface area contributed by atoms with Crippen LogP contribution in [0.1, 0.15) is 10.4 Å². The summed E-state index contributed by atoms with van der Waals surface area (Å²) < 4.78 is 5.90. The third-order valence-corrected chi connectivity index (χ3v) is 4.84. The average molecular weight is 428 g/mol. The second-order valence-electron chi connectivity index (χ2n) is 7.50. The van der Waals surface area contributed by atoms with Crippen LogP contribution in [0, 0.1) is 0 Å². The fraction of sp³-hybridized carbons (Fsp3) is 0.167. The largest absolute Gasteiger partial charge is 0.492 e. The quantitative estimate of drug-likeness (QED) is 0.442. The molecule has 0 aliphatic heterocycles. The van der Waals surface area contributed by atoms with Crippen molar-refractivity contribution in [3.63, 3.8) is 0 Å². The summed E-state index contributed by atoms with van der Waals surface area (Å²) in [4.78, 5) is 27.6. The molecule has 0 saturated carbocycles. The number of anilines is 2. The molecule has 2 aromatic heterocycles. The summed E-state index contributed by atoms with van der Waals surface area (Å²) in [7, 11) is 3.99. The Hall–Kier alpha value is -4.04. The van der Waals surface area contributed by atoms with Gasteiger partial charge in [0.15, 0.2) is 5.82 Å². The van der Waals surface area contributed by atoms with E-state index in [1.807, 2.05) is 50.5 Å². The minimum Gasteiger partial charge on any atom is -0.492 e. The van der Waals surface area contributed by atoms with Crippen LogP contribution in [-0.4, -0.2) is 53.0 Å². The molecule has 2 aromatic carbocycles. The monoisotopic (exact) mass is 428 g/mol. The highest BCUT2D eigenvalue weighted by Gasteiger charge is 2.14. The highest BCUT2D eigenvalue weighted by atomic mass is 16.5. The number of nitrogens with zero attached hydrogens (tertiary/aromatic N) is 4. The van der Waals surface area contributed by atoms with E-state index in [2.05, 4.69) is 15.2 Å². The average Bonchev–Trinajstić information content (AvgIpc) is 2.79. The van der Waals surface area contributed by atoms with Crippen molar-refractivity contribution in [2.45, 2.75) is 0 Å². The Balaban J connectivity index is 1.80. The van der Waals surface area contributed by atoms with Crippen molar-refractivity contribution in [3.8, 4) is 17.1 Å². The summed E-state index contributed by atoms with van der Waals surface area (Å²) in [5, 5.41) is 4.04.